The van der Waals surface area contributed by atoms with Gasteiger partial charge in [0, 0.05) is 0 Å². The fourth-order valence-electron chi connectivity index (χ4n) is 3.24. The molecule has 0 saturated heterocycles. The first-order valence-corrected chi connectivity index (χ1v) is 7.71. The van der Waals surface area contributed by atoms with Crippen molar-refractivity contribution in [3.8, 4) is 0 Å². The molecule has 0 radical (unpaired) electrons. The monoisotopic (exact) mass is 303 g/mol. The molecule has 1 atom stereocenters. The molecule has 1 fully saturated rings. The molecule has 5 nitrogen and oxygen atoms in total. The second-order valence-corrected chi connectivity index (χ2v) is 6.42. The number of hydrogen-bond acceptors (Lipinski definition) is 3. The largest absolute Gasteiger partial charge is 0.368 e. The van der Waals surface area contributed by atoms with Gasteiger partial charge in [-0.05, 0) is 39.4 Å². The van der Waals surface area contributed by atoms with E-state index in [2.05, 4.69) is 5.32 Å². The Hall–Kier alpha value is -1.88. The van der Waals surface area contributed by atoms with Crippen molar-refractivity contribution in [3.63, 3.8) is 0 Å². The summed E-state index contributed by atoms with van der Waals surface area (Å²) in [5.41, 5.74) is 6.69. The van der Waals surface area contributed by atoms with E-state index in [4.69, 9.17) is 5.73 Å². The molecular weight excluding hydrogens is 278 g/mol. The highest BCUT2D eigenvalue weighted by atomic mass is 16.2. The summed E-state index contributed by atoms with van der Waals surface area (Å²) < 4.78 is 0. The highest BCUT2D eigenvalue weighted by Crippen LogP contribution is 2.31. The minimum atomic E-state index is -0.880. The summed E-state index contributed by atoms with van der Waals surface area (Å²) in [5.74, 6) is -0.601. The van der Waals surface area contributed by atoms with Gasteiger partial charge < -0.3 is 11.1 Å². The molecule has 22 heavy (non-hydrogen) atoms. The first-order chi connectivity index (χ1) is 10.4. The van der Waals surface area contributed by atoms with E-state index in [9.17, 15) is 9.59 Å². The van der Waals surface area contributed by atoms with Crippen LogP contribution in [0.5, 0.6) is 0 Å². The van der Waals surface area contributed by atoms with Crippen molar-refractivity contribution in [2.75, 3.05) is 14.1 Å². The van der Waals surface area contributed by atoms with Crippen LogP contribution in [0.1, 0.15) is 42.9 Å². The molecule has 0 aliphatic heterocycles. The Morgan fingerprint density at radius 1 is 1.27 bits per heavy atom. The fraction of sp³-hybridized carbons (Fsp3) is 0.529. The van der Waals surface area contributed by atoms with Crippen molar-refractivity contribution >= 4 is 11.8 Å². The van der Waals surface area contributed by atoms with E-state index in [0.29, 0.717) is 12.8 Å². The van der Waals surface area contributed by atoms with Crippen LogP contribution in [0.3, 0.4) is 0 Å². The standard InChI is InChI=1S/C17H25N3O2/c1-12-7-6-8-13(11-12)14(20(2)3)15(21)19-17(16(18)22)9-4-5-10-17/h6-8,11,14H,4-5,9-10H2,1-3H3,(H2,18,22)(H,19,21). The summed E-state index contributed by atoms with van der Waals surface area (Å²) in [6.45, 7) is 2.00. The van der Waals surface area contributed by atoms with Gasteiger partial charge in [0.25, 0.3) is 0 Å². The van der Waals surface area contributed by atoms with E-state index in [1.165, 1.54) is 0 Å². The van der Waals surface area contributed by atoms with Crippen molar-refractivity contribution in [3.05, 3.63) is 35.4 Å². The molecule has 1 unspecified atom stereocenters. The summed E-state index contributed by atoms with van der Waals surface area (Å²) in [6, 6.07) is 7.43. The number of nitrogens with one attached hydrogen (secondary N) is 1. The van der Waals surface area contributed by atoms with Crippen LogP contribution >= 0.6 is 0 Å². The minimum absolute atomic E-state index is 0.170. The average molecular weight is 303 g/mol. The van der Waals surface area contributed by atoms with E-state index in [1.807, 2.05) is 50.2 Å². The van der Waals surface area contributed by atoms with E-state index >= 15 is 0 Å². The molecule has 120 valence electrons. The Balaban J connectivity index is 2.25. The van der Waals surface area contributed by atoms with E-state index in [0.717, 1.165) is 24.0 Å². The molecule has 1 saturated carbocycles. The zero-order valence-electron chi connectivity index (χ0n) is 13.6. The average Bonchev–Trinajstić information content (AvgIpc) is 2.88. The van der Waals surface area contributed by atoms with Crippen molar-refractivity contribution in [2.24, 2.45) is 5.73 Å². The molecule has 2 amide bonds. The third kappa shape index (κ3) is 3.30. The molecule has 0 heterocycles. The van der Waals surface area contributed by atoms with Gasteiger partial charge in [-0.25, -0.2) is 0 Å². The molecule has 2 rings (SSSR count). The molecule has 0 spiro atoms. The lowest BCUT2D eigenvalue weighted by Crippen LogP contribution is -2.57. The Bertz CT molecular complexity index is 563. The second-order valence-electron chi connectivity index (χ2n) is 6.42. The third-order valence-corrected chi connectivity index (χ3v) is 4.41. The van der Waals surface area contributed by atoms with Crippen molar-refractivity contribution in [1.82, 2.24) is 10.2 Å². The van der Waals surface area contributed by atoms with Gasteiger partial charge in [-0.3, -0.25) is 14.5 Å². The number of benzene rings is 1. The van der Waals surface area contributed by atoms with Crippen LogP contribution in [0.25, 0.3) is 0 Å². The molecule has 1 aromatic carbocycles. The summed E-state index contributed by atoms with van der Waals surface area (Å²) in [7, 11) is 3.72. The van der Waals surface area contributed by atoms with Crippen LogP contribution < -0.4 is 11.1 Å². The van der Waals surface area contributed by atoms with Crippen LogP contribution in [0.2, 0.25) is 0 Å². The van der Waals surface area contributed by atoms with Gasteiger partial charge in [0.1, 0.15) is 11.6 Å². The first-order valence-electron chi connectivity index (χ1n) is 7.71. The van der Waals surface area contributed by atoms with E-state index in [-0.39, 0.29) is 5.91 Å². The number of primary amides is 1. The zero-order chi connectivity index (χ0) is 16.3. The van der Waals surface area contributed by atoms with Crippen molar-refractivity contribution in [2.45, 2.75) is 44.2 Å². The van der Waals surface area contributed by atoms with Crippen molar-refractivity contribution in [1.29, 1.82) is 0 Å². The normalized spacial score (nSPS) is 18.2. The van der Waals surface area contributed by atoms with Crippen LogP contribution in [0.4, 0.5) is 0 Å². The number of rotatable bonds is 5. The van der Waals surface area contributed by atoms with Gasteiger partial charge in [0.2, 0.25) is 11.8 Å². The highest BCUT2D eigenvalue weighted by Gasteiger charge is 2.42. The number of carbonyl (C=O) groups excluding carboxylic acids is 2. The van der Waals surface area contributed by atoms with E-state index < -0.39 is 17.5 Å². The summed E-state index contributed by atoms with van der Waals surface area (Å²) in [5, 5.41) is 2.94. The van der Waals surface area contributed by atoms with Crippen LogP contribution in [-0.4, -0.2) is 36.3 Å². The number of hydrogen-bond donors (Lipinski definition) is 2. The molecule has 0 aromatic heterocycles. The molecule has 3 N–H and O–H groups in total. The lowest BCUT2D eigenvalue weighted by atomic mass is 9.94. The quantitative estimate of drug-likeness (QED) is 0.866. The maximum absolute atomic E-state index is 12.8. The number of likely N-dealkylation sites (N-methyl/N-ethyl adjacent to an activating group) is 1. The van der Waals surface area contributed by atoms with Gasteiger partial charge in [-0.1, -0.05) is 42.7 Å². The van der Waals surface area contributed by atoms with Crippen molar-refractivity contribution < 1.29 is 9.59 Å². The lowest BCUT2D eigenvalue weighted by Gasteiger charge is -2.31. The Morgan fingerprint density at radius 2 is 1.91 bits per heavy atom. The van der Waals surface area contributed by atoms with Gasteiger partial charge >= 0.3 is 0 Å². The predicted molar refractivity (Wildman–Crippen MR) is 86.1 cm³/mol. The predicted octanol–water partition coefficient (Wildman–Crippen LogP) is 1.51. The summed E-state index contributed by atoms with van der Waals surface area (Å²) in [4.78, 5) is 26.5. The topological polar surface area (TPSA) is 75.4 Å². The van der Waals surface area contributed by atoms with Crippen LogP contribution in [0, 0.1) is 6.92 Å². The number of nitrogens with two attached hydrogens (primary N) is 1. The number of nitrogens with zero attached hydrogens (tertiary/aromatic N) is 1. The number of aryl methyl sites for hydroxylation is 1. The van der Waals surface area contributed by atoms with Gasteiger partial charge in [-0.2, -0.15) is 0 Å². The Morgan fingerprint density at radius 3 is 2.41 bits per heavy atom. The SMILES string of the molecule is Cc1cccc(C(C(=O)NC2(C(N)=O)CCCC2)N(C)C)c1. The molecule has 1 aromatic rings. The van der Waals surface area contributed by atoms with Gasteiger partial charge in [0.15, 0.2) is 0 Å². The molecule has 1 aliphatic carbocycles. The highest BCUT2D eigenvalue weighted by molar-refractivity contribution is 5.92. The zero-order valence-corrected chi connectivity index (χ0v) is 13.6. The molecule has 5 heteroatoms. The van der Waals surface area contributed by atoms with E-state index in [1.54, 1.807) is 0 Å². The lowest BCUT2D eigenvalue weighted by molar-refractivity contribution is -0.134. The summed E-state index contributed by atoms with van der Waals surface area (Å²) >= 11 is 0. The second kappa shape index (κ2) is 6.48. The fourth-order valence-corrected chi connectivity index (χ4v) is 3.24. The molecule has 1 aliphatic rings. The Kier molecular flexibility index (Phi) is 4.86. The summed E-state index contributed by atoms with van der Waals surface area (Å²) in [6.07, 6.45) is 3.09. The number of carbonyl (C=O) groups is 2. The Labute approximate surface area is 131 Å². The third-order valence-electron chi connectivity index (χ3n) is 4.41. The maximum Gasteiger partial charge on any atom is 0.243 e. The van der Waals surface area contributed by atoms with Gasteiger partial charge in [-0.15, -0.1) is 0 Å². The molecule has 0 bridgehead atoms. The smallest absolute Gasteiger partial charge is 0.243 e. The minimum Gasteiger partial charge on any atom is -0.368 e. The maximum atomic E-state index is 12.8. The van der Waals surface area contributed by atoms with Gasteiger partial charge in [0.05, 0.1) is 0 Å². The van der Waals surface area contributed by atoms with Crippen LogP contribution in [-0.2, 0) is 9.59 Å². The molecular formula is C17H25N3O2. The number of amides is 2. The first kappa shape index (κ1) is 16.5. The van der Waals surface area contributed by atoms with Crippen LogP contribution in [0.15, 0.2) is 24.3 Å².